The monoisotopic (exact) mass is 300 g/mol. The van der Waals surface area contributed by atoms with Crippen LogP contribution in [0.3, 0.4) is 0 Å². The van der Waals surface area contributed by atoms with Crippen LogP contribution in [-0.4, -0.2) is 10.8 Å². The predicted molar refractivity (Wildman–Crippen MR) is 49.3 cm³/mol. The molecule has 0 aromatic heterocycles. The molecule has 7 heteroatoms. The van der Waals surface area contributed by atoms with Crippen LogP contribution in [0.1, 0.15) is 10.4 Å². The molecule has 14 heavy (non-hydrogen) atoms. The molecule has 0 aliphatic carbocycles. The molecule has 0 aliphatic rings. The SMILES string of the molecule is NC(=O)c1ccc([N+](=O)[O-])cc1Br.[Fe]. The van der Waals surface area contributed by atoms with Crippen LogP contribution in [0.15, 0.2) is 22.7 Å². The van der Waals surface area contributed by atoms with Gasteiger partial charge in [-0.2, -0.15) is 0 Å². The molecule has 0 radical (unpaired) electrons. The van der Waals surface area contributed by atoms with Crippen LogP contribution >= 0.6 is 15.9 Å². The summed E-state index contributed by atoms with van der Waals surface area (Å²) in [6.45, 7) is 0. The van der Waals surface area contributed by atoms with E-state index >= 15 is 0 Å². The summed E-state index contributed by atoms with van der Waals surface area (Å²) in [6.07, 6.45) is 0. The molecule has 5 nitrogen and oxygen atoms in total. The molecule has 0 saturated carbocycles. The van der Waals surface area contributed by atoms with Crippen molar-refractivity contribution in [1.82, 2.24) is 0 Å². The number of nitrogens with zero attached hydrogens (tertiary/aromatic N) is 1. The van der Waals surface area contributed by atoms with Crippen molar-refractivity contribution in [1.29, 1.82) is 0 Å². The molecule has 1 rings (SSSR count). The standard InChI is InChI=1S/C7H5BrN2O3.Fe/c8-6-3-4(10(12)13)1-2-5(6)7(9)11;/h1-3H,(H2,9,11);. The first kappa shape index (κ1) is 13.1. The first-order valence-electron chi connectivity index (χ1n) is 3.26. The molecule has 0 unspecified atom stereocenters. The van der Waals surface area contributed by atoms with Gasteiger partial charge in [-0.15, -0.1) is 0 Å². The first-order chi connectivity index (χ1) is 6.02. The molecule has 76 valence electrons. The summed E-state index contributed by atoms with van der Waals surface area (Å²) < 4.78 is 0.328. The van der Waals surface area contributed by atoms with Crippen LogP contribution < -0.4 is 5.73 Å². The minimum Gasteiger partial charge on any atom is -0.366 e. The number of nitro benzene ring substituents is 1. The molecule has 0 bridgehead atoms. The van der Waals surface area contributed by atoms with Gasteiger partial charge in [0, 0.05) is 33.7 Å². The van der Waals surface area contributed by atoms with Gasteiger partial charge in [0.05, 0.1) is 10.5 Å². The Kier molecular flexibility index (Phi) is 4.76. The van der Waals surface area contributed by atoms with Gasteiger partial charge in [-0.25, -0.2) is 0 Å². The average molecular weight is 301 g/mol. The number of carbonyl (C=O) groups excluding carboxylic acids is 1. The number of carbonyl (C=O) groups is 1. The molecule has 0 fully saturated rings. The number of hydrogen-bond donors (Lipinski definition) is 1. The number of nitrogens with two attached hydrogens (primary N) is 1. The molecular weight excluding hydrogens is 296 g/mol. The zero-order valence-corrected chi connectivity index (χ0v) is 9.40. The third kappa shape index (κ3) is 2.80. The van der Waals surface area contributed by atoms with Gasteiger partial charge < -0.3 is 5.73 Å². The largest absolute Gasteiger partial charge is 0.366 e. The normalized spacial score (nSPS) is 8.93. The smallest absolute Gasteiger partial charge is 0.270 e. The molecule has 0 aliphatic heterocycles. The van der Waals surface area contributed by atoms with E-state index in [2.05, 4.69) is 15.9 Å². The zero-order valence-electron chi connectivity index (χ0n) is 6.71. The van der Waals surface area contributed by atoms with Crippen molar-refractivity contribution in [3.8, 4) is 0 Å². The summed E-state index contributed by atoms with van der Waals surface area (Å²) in [6, 6.07) is 3.77. The van der Waals surface area contributed by atoms with E-state index in [1.807, 2.05) is 0 Å². The van der Waals surface area contributed by atoms with E-state index in [4.69, 9.17) is 5.73 Å². The number of amides is 1. The third-order valence-corrected chi connectivity index (χ3v) is 2.09. The maximum Gasteiger partial charge on any atom is 0.270 e. The molecule has 1 aromatic carbocycles. The molecule has 0 spiro atoms. The summed E-state index contributed by atoms with van der Waals surface area (Å²) in [5, 5.41) is 10.3. The van der Waals surface area contributed by atoms with Crippen molar-refractivity contribution < 1.29 is 26.8 Å². The summed E-state index contributed by atoms with van der Waals surface area (Å²) in [5.41, 5.74) is 5.14. The Hall–Kier alpha value is -0.911. The van der Waals surface area contributed by atoms with E-state index < -0.39 is 10.8 Å². The fraction of sp³-hybridized carbons (Fsp3) is 0. The van der Waals surface area contributed by atoms with Crippen molar-refractivity contribution in [2.75, 3.05) is 0 Å². The van der Waals surface area contributed by atoms with Crippen LogP contribution in [0.5, 0.6) is 0 Å². The Morgan fingerprint density at radius 1 is 1.50 bits per heavy atom. The Labute approximate surface area is 98.4 Å². The van der Waals surface area contributed by atoms with Crippen LogP contribution in [0.4, 0.5) is 5.69 Å². The molecule has 2 N–H and O–H groups in total. The molecule has 0 saturated heterocycles. The first-order valence-corrected chi connectivity index (χ1v) is 4.05. The van der Waals surface area contributed by atoms with Gasteiger partial charge in [-0.1, -0.05) is 0 Å². The number of non-ortho nitro benzene ring substituents is 1. The van der Waals surface area contributed by atoms with Crippen molar-refractivity contribution in [2.24, 2.45) is 5.73 Å². The number of rotatable bonds is 2. The second-order valence-electron chi connectivity index (χ2n) is 2.29. The number of primary amides is 1. The number of halogens is 1. The molecule has 0 heterocycles. The van der Waals surface area contributed by atoms with Crippen molar-refractivity contribution in [2.45, 2.75) is 0 Å². The van der Waals surface area contributed by atoms with Crippen molar-refractivity contribution in [3.05, 3.63) is 38.3 Å². The fourth-order valence-corrected chi connectivity index (χ4v) is 1.38. The van der Waals surface area contributed by atoms with Gasteiger partial charge in [-0.3, -0.25) is 14.9 Å². The van der Waals surface area contributed by atoms with Gasteiger partial charge in [0.25, 0.3) is 5.69 Å². The molecule has 1 aromatic rings. The third-order valence-electron chi connectivity index (χ3n) is 1.43. The van der Waals surface area contributed by atoms with E-state index in [1.54, 1.807) is 0 Å². The Bertz CT molecular complexity index is 383. The second-order valence-corrected chi connectivity index (χ2v) is 3.14. The average Bonchev–Trinajstić information content (AvgIpc) is 2.03. The van der Waals surface area contributed by atoms with Crippen LogP contribution in [0.25, 0.3) is 0 Å². The van der Waals surface area contributed by atoms with Gasteiger partial charge in [0.2, 0.25) is 5.91 Å². The van der Waals surface area contributed by atoms with Gasteiger partial charge in [0.15, 0.2) is 0 Å². The number of nitro groups is 1. The Balaban J connectivity index is 0.00000169. The minimum atomic E-state index is -0.623. The van der Waals surface area contributed by atoms with Gasteiger partial charge >= 0.3 is 0 Å². The summed E-state index contributed by atoms with van der Waals surface area (Å²) in [5.74, 6) is -0.623. The summed E-state index contributed by atoms with van der Waals surface area (Å²) in [7, 11) is 0. The van der Waals surface area contributed by atoms with E-state index in [-0.39, 0.29) is 28.3 Å². The Morgan fingerprint density at radius 3 is 2.43 bits per heavy atom. The van der Waals surface area contributed by atoms with Crippen LogP contribution in [-0.2, 0) is 17.1 Å². The van der Waals surface area contributed by atoms with E-state index in [0.717, 1.165) is 0 Å². The van der Waals surface area contributed by atoms with Crippen LogP contribution in [0.2, 0.25) is 0 Å². The van der Waals surface area contributed by atoms with Crippen LogP contribution in [0, 0.1) is 10.1 Å². The topological polar surface area (TPSA) is 86.2 Å². The van der Waals surface area contributed by atoms with Gasteiger partial charge in [0.1, 0.15) is 0 Å². The maximum atomic E-state index is 10.7. The zero-order chi connectivity index (χ0) is 10.0. The number of hydrogen-bond acceptors (Lipinski definition) is 3. The number of benzene rings is 1. The van der Waals surface area contributed by atoms with Gasteiger partial charge in [-0.05, 0) is 22.0 Å². The summed E-state index contributed by atoms with van der Waals surface area (Å²) in [4.78, 5) is 20.5. The summed E-state index contributed by atoms with van der Waals surface area (Å²) >= 11 is 3.01. The predicted octanol–water partition coefficient (Wildman–Crippen LogP) is 1.45. The Morgan fingerprint density at radius 2 is 2.07 bits per heavy atom. The quantitative estimate of drug-likeness (QED) is 0.509. The van der Waals surface area contributed by atoms with Crippen molar-refractivity contribution in [3.63, 3.8) is 0 Å². The maximum absolute atomic E-state index is 10.7. The van der Waals surface area contributed by atoms with E-state index in [1.165, 1.54) is 18.2 Å². The fourth-order valence-electron chi connectivity index (χ4n) is 0.817. The second kappa shape index (κ2) is 5.09. The van der Waals surface area contributed by atoms with E-state index in [0.29, 0.717) is 4.47 Å². The molecule has 0 atom stereocenters. The minimum absolute atomic E-state index is 0. The molecule has 1 amide bonds. The molecular formula is C7H5BrFeN2O3. The van der Waals surface area contributed by atoms with E-state index in [9.17, 15) is 14.9 Å². The van der Waals surface area contributed by atoms with Crippen molar-refractivity contribution >= 4 is 27.5 Å².